The Bertz CT molecular complexity index is 186. The average Bonchev–Trinajstić information content (AvgIpc) is 2.19. The number of aliphatic hydroxyl groups excluding tert-OH is 1. The molecule has 2 unspecified atom stereocenters. The molecule has 0 radical (unpaired) electrons. The highest BCUT2D eigenvalue weighted by Gasteiger charge is 2.31. The van der Waals surface area contributed by atoms with E-state index in [0.717, 1.165) is 31.6 Å². The van der Waals surface area contributed by atoms with E-state index in [9.17, 15) is 10.2 Å². The molecule has 0 aromatic heterocycles. The van der Waals surface area contributed by atoms with Crippen LogP contribution in [0.1, 0.15) is 46.5 Å². The molecule has 0 saturated heterocycles. The summed E-state index contributed by atoms with van der Waals surface area (Å²) in [5.74, 6) is 0.750. The number of rotatable bonds is 4. The maximum atomic E-state index is 10.3. The fraction of sp³-hybridized carbons (Fsp3) is 1.00. The van der Waals surface area contributed by atoms with Gasteiger partial charge in [-0.3, -0.25) is 0 Å². The van der Waals surface area contributed by atoms with Crippen LogP contribution in [0.3, 0.4) is 0 Å². The molecule has 3 heteroatoms. The molecule has 90 valence electrons. The van der Waals surface area contributed by atoms with Gasteiger partial charge in [-0.1, -0.05) is 6.92 Å². The molecule has 0 aromatic rings. The molecule has 0 heterocycles. The first-order chi connectivity index (χ1) is 6.93. The Morgan fingerprint density at radius 2 is 1.87 bits per heavy atom. The summed E-state index contributed by atoms with van der Waals surface area (Å²) < 4.78 is 0. The topological polar surface area (TPSA) is 52.5 Å². The fourth-order valence-corrected chi connectivity index (χ4v) is 2.00. The van der Waals surface area contributed by atoms with Gasteiger partial charge in [-0.15, -0.1) is 0 Å². The van der Waals surface area contributed by atoms with E-state index in [4.69, 9.17) is 0 Å². The van der Waals surface area contributed by atoms with Gasteiger partial charge in [0.15, 0.2) is 0 Å². The van der Waals surface area contributed by atoms with Crippen LogP contribution >= 0.6 is 0 Å². The predicted molar refractivity (Wildman–Crippen MR) is 61.7 cm³/mol. The molecule has 0 amide bonds. The highest BCUT2D eigenvalue weighted by Crippen LogP contribution is 2.31. The number of hydrogen-bond donors (Lipinski definition) is 3. The monoisotopic (exact) mass is 215 g/mol. The van der Waals surface area contributed by atoms with Crippen LogP contribution in [0.4, 0.5) is 0 Å². The highest BCUT2D eigenvalue weighted by atomic mass is 16.3. The summed E-state index contributed by atoms with van der Waals surface area (Å²) in [6.45, 7) is 6.56. The van der Waals surface area contributed by atoms with Crippen LogP contribution < -0.4 is 5.32 Å². The standard InChI is InChI=1S/C12H25NO2/c1-9-4-6-12(15,7-5-9)8-13-10(2)11(3)14/h9-11,13-15H,4-8H2,1-3H3. The molecule has 1 aliphatic rings. The smallest absolute Gasteiger partial charge is 0.0771 e. The predicted octanol–water partition coefficient (Wildman–Crippen LogP) is 1.29. The lowest BCUT2D eigenvalue weighted by atomic mass is 9.79. The Kier molecular flexibility index (Phi) is 4.56. The van der Waals surface area contributed by atoms with Gasteiger partial charge < -0.3 is 15.5 Å². The van der Waals surface area contributed by atoms with Crippen molar-refractivity contribution < 1.29 is 10.2 Å². The number of aliphatic hydroxyl groups is 2. The van der Waals surface area contributed by atoms with Gasteiger partial charge >= 0.3 is 0 Å². The minimum atomic E-state index is -0.546. The lowest BCUT2D eigenvalue weighted by Crippen LogP contribution is -2.48. The number of nitrogens with one attached hydrogen (secondary N) is 1. The molecular weight excluding hydrogens is 190 g/mol. The third-order valence-corrected chi connectivity index (χ3v) is 3.68. The van der Waals surface area contributed by atoms with Crippen LogP contribution in [0.2, 0.25) is 0 Å². The molecule has 2 atom stereocenters. The number of hydrogen-bond acceptors (Lipinski definition) is 3. The largest absolute Gasteiger partial charge is 0.392 e. The summed E-state index contributed by atoms with van der Waals surface area (Å²) in [5.41, 5.74) is -0.546. The molecule has 3 N–H and O–H groups in total. The van der Waals surface area contributed by atoms with Crippen molar-refractivity contribution in [2.75, 3.05) is 6.54 Å². The highest BCUT2D eigenvalue weighted by molar-refractivity contribution is 4.87. The van der Waals surface area contributed by atoms with Crippen LogP contribution in [-0.4, -0.2) is 34.5 Å². The molecule has 1 rings (SSSR count). The van der Waals surface area contributed by atoms with E-state index in [1.807, 2.05) is 6.92 Å². The summed E-state index contributed by atoms with van der Waals surface area (Å²) in [6.07, 6.45) is 3.63. The molecule has 0 spiro atoms. The summed E-state index contributed by atoms with van der Waals surface area (Å²) in [7, 11) is 0. The van der Waals surface area contributed by atoms with Crippen molar-refractivity contribution in [3.63, 3.8) is 0 Å². The Morgan fingerprint density at radius 1 is 1.33 bits per heavy atom. The maximum Gasteiger partial charge on any atom is 0.0771 e. The third-order valence-electron chi connectivity index (χ3n) is 3.68. The van der Waals surface area contributed by atoms with Gasteiger partial charge in [-0.25, -0.2) is 0 Å². The van der Waals surface area contributed by atoms with Crippen molar-refractivity contribution >= 4 is 0 Å². The first-order valence-corrected chi connectivity index (χ1v) is 6.07. The second kappa shape index (κ2) is 5.28. The Labute approximate surface area is 92.9 Å². The first kappa shape index (κ1) is 12.9. The van der Waals surface area contributed by atoms with E-state index in [0.29, 0.717) is 6.54 Å². The van der Waals surface area contributed by atoms with Gasteiger partial charge in [0.25, 0.3) is 0 Å². The molecule has 1 aliphatic carbocycles. The Balaban J connectivity index is 2.31. The van der Waals surface area contributed by atoms with Gasteiger partial charge in [0.1, 0.15) is 0 Å². The van der Waals surface area contributed by atoms with Gasteiger partial charge in [-0.2, -0.15) is 0 Å². The molecule has 1 fully saturated rings. The van der Waals surface area contributed by atoms with Gasteiger partial charge in [-0.05, 0) is 45.4 Å². The van der Waals surface area contributed by atoms with E-state index in [-0.39, 0.29) is 12.1 Å². The quantitative estimate of drug-likeness (QED) is 0.662. The van der Waals surface area contributed by atoms with Crippen LogP contribution in [0.5, 0.6) is 0 Å². The van der Waals surface area contributed by atoms with Crippen molar-refractivity contribution in [2.24, 2.45) is 5.92 Å². The summed E-state index contributed by atoms with van der Waals surface area (Å²) >= 11 is 0. The van der Waals surface area contributed by atoms with Crippen LogP contribution in [0.15, 0.2) is 0 Å². The zero-order valence-electron chi connectivity index (χ0n) is 10.2. The fourth-order valence-electron chi connectivity index (χ4n) is 2.00. The summed E-state index contributed by atoms with van der Waals surface area (Å²) in [6, 6.07) is 0.0494. The zero-order chi connectivity index (χ0) is 11.5. The van der Waals surface area contributed by atoms with Gasteiger partial charge in [0.2, 0.25) is 0 Å². The second-order valence-corrected chi connectivity index (χ2v) is 5.32. The lowest BCUT2D eigenvalue weighted by Gasteiger charge is -2.36. The van der Waals surface area contributed by atoms with Crippen LogP contribution in [0.25, 0.3) is 0 Å². The summed E-state index contributed by atoms with van der Waals surface area (Å²) in [5, 5.41) is 22.8. The van der Waals surface area contributed by atoms with E-state index < -0.39 is 5.60 Å². The van der Waals surface area contributed by atoms with Crippen LogP contribution in [-0.2, 0) is 0 Å². The van der Waals surface area contributed by atoms with Crippen molar-refractivity contribution in [1.29, 1.82) is 0 Å². The van der Waals surface area contributed by atoms with Crippen LogP contribution in [0, 0.1) is 5.92 Å². The summed E-state index contributed by atoms with van der Waals surface area (Å²) in [4.78, 5) is 0. The van der Waals surface area contributed by atoms with Gasteiger partial charge in [0.05, 0.1) is 11.7 Å². The molecule has 0 aliphatic heterocycles. The van der Waals surface area contributed by atoms with Gasteiger partial charge in [0, 0.05) is 12.6 Å². The molecule has 15 heavy (non-hydrogen) atoms. The molecule has 3 nitrogen and oxygen atoms in total. The first-order valence-electron chi connectivity index (χ1n) is 6.07. The zero-order valence-corrected chi connectivity index (χ0v) is 10.2. The molecule has 1 saturated carbocycles. The Hall–Kier alpha value is -0.120. The minimum absolute atomic E-state index is 0.0494. The minimum Gasteiger partial charge on any atom is -0.392 e. The third kappa shape index (κ3) is 4.09. The second-order valence-electron chi connectivity index (χ2n) is 5.32. The Morgan fingerprint density at radius 3 is 2.33 bits per heavy atom. The average molecular weight is 215 g/mol. The van der Waals surface area contributed by atoms with E-state index in [1.54, 1.807) is 6.92 Å². The van der Waals surface area contributed by atoms with Crippen molar-refractivity contribution in [3.8, 4) is 0 Å². The molecular formula is C12H25NO2. The SMILES string of the molecule is CC1CCC(O)(CNC(C)C(C)O)CC1. The lowest BCUT2D eigenvalue weighted by molar-refractivity contribution is -0.0112. The normalized spacial score (nSPS) is 36.2. The maximum absolute atomic E-state index is 10.3. The van der Waals surface area contributed by atoms with Crippen molar-refractivity contribution in [2.45, 2.75) is 64.2 Å². The van der Waals surface area contributed by atoms with Crippen molar-refractivity contribution in [3.05, 3.63) is 0 Å². The van der Waals surface area contributed by atoms with E-state index >= 15 is 0 Å². The molecule has 0 bridgehead atoms. The van der Waals surface area contributed by atoms with Crippen molar-refractivity contribution in [1.82, 2.24) is 5.32 Å². The van der Waals surface area contributed by atoms with E-state index in [2.05, 4.69) is 12.2 Å². The molecule has 0 aromatic carbocycles. The van der Waals surface area contributed by atoms with E-state index in [1.165, 1.54) is 0 Å².